The van der Waals surface area contributed by atoms with Gasteiger partial charge in [-0.1, -0.05) is 0 Å². The van der Waals surface area contributed by atoms with Gasteiger partial charge in [0.2, 0.25) is 5.91 Å². The Kier molecular flexibility index (Phi) is 4.97. The minimum absolute atomic E-state index is 0.195. The molecule has 0 saturated carbocycles. The van der Waals surface area contributed by atoms with Gasteiger partial charge in [0.1, 0.15) is 0 Å². The summed E-state index contributed by atoms with van der Waals surface area (Å²) >= 11 is 0. The number of hydrogen-bond acceptors (Lipinski definition) is 4. The van der Waals surface area contributed by atoms with Gasteiger partial charge in [0.05, 0.1) is 12.6 Å². The fourth-order valence-corrected chi connectivity index (χ4v) is 2.62. The van der Waals surface area contributed by atoms with Gasteiger partial charge >= 0.3 is 0 Å². The van der Waals surface area contributed by atoms with Gasteiger partial charge in [0, 0.05) is 39.3 Å². The van der Waals surface area contributed by atoms with Crippen LogP contribution in [0.1, 0.15) is 25.7 Å². The SMILES string of the molecule is CN(CC1CCCO1)C(=O)CN1CCC(N)CC1. The molecule has 2 aliphatic rings. The average molecular weight is 255 g/mol. The van der Waals surface area contributed by atoms with Crippen molar-refractivity contribution in [3.8, 4) is 0 Å². The van der Waals surface area contributed by atoms with Gasteiger partial charge in [0.15, 0.2) is 0 Å². The van der Waals surface area contributed by atoms with E-state index in [0.29, 0.717) is 12.6 Å². The zero-order valence-corrected chi connectivity index (χ0v) is 11.3. The van der Waals surface area contributed by atoms with E-state index in [0.717, 1.165) is 51.9 Å². The van der Waals surface area contributed by atoms with E-state index in [1.54, 1.807) is 0 Å². The monoisotopic (exact) mass is 255 g/mol. The van der Waals surface area contributed by atoms with Crippen LogP contribution in [0.2, 0.25) is 0 Å². The largest absolute Gasteiger partial charge is 0.376 e. The second kappa shape index (κ2) is 6.50. The molecular weight excluding hydrogens is 230 g/mol. The van der Waals surface area contributed by atoms with Gasteiger partial charge in [0.25, 0.3) is 0 Å². The lowest BCUT2D eigenvalue weighted by Crippen LogP contribution is -2.46. The lowest BCUT2D eigenvalue weighted by atomic mass is 10.1. The van der Waals surface area contributed by atoms with E-state index >= 15 is 0 Å². The Balaban J connectivity index is 1.69. The molecule has 0 aromatic heterocycles. The number of piperidine rings is 1. The Hall–Kier alpha value is -0.650. The first-order chi connectivity index (χ1) is 8.65. The molecule has 0 aliphatic carbocycles. The molecule has 2 heterocycles. The summed E-state index contributed by atoms with van der Waals surface area (Å²) in [6, 6.07) is 0.320. The number of likely N-dealkylation sites (N-methyl/N-ethyl adjacent to an activating group) is 1. The van der Waals surface area contributed by atoms with Crippen molar-refractivity contribution in [1.29, 1.82) is 0 Å². The predicted octanol–water partition coefficient (Wildman–Crippen LogP) is 0.0469. The zero-order chi connectivity index (χ0) is 13.0. The first-order valence-corrected chi connectivity index (χ1v) is 6.98. The van der Waals surface area contributed by atoms with Crippen LogP contribution in [0.25, 0.3) is 0 Å². The number of carbonyl (C=O) groups is 1. The van der Waals surface area contributed by atoms with Crippen molar-refractivity contribution in [1.82, 2.24) is 9.80 Å². The normalized spacial score (nSPS) is 26.4. The summed E-state index contributed by atoms with van der Waals surface area (Å²) in [6.45, 7) is 3.99. The second-order valence-corrected chi connectivity index (χ2v) is 5.52. The van der Waals surface area contributed by atoms with Crippen LogP contribution in [0, 0.1) is 0 Å². The zero-order valence-electron chi connectivity index (χ0n) is 11.3. The summed E-state index contributed by atoms with van der Waals surface area (Å²) in [4.78, 5) is 16.1. The fourth-order valence-electron chi connectivity index (χ4n) is 2.62. The molecule has 104 valence electrons. The molecule has 0 radical (unpaired) electrons. The van der Waals surface area contributed by atoms with Crippen LogP contribution in [0.3, 0.4) is 0 Å². The predicted molar refractivity (Wildman–Crippen MR) is 70.3 cm³/mol. The highest BCUT2D eigenvalue weighted by Crippen LogP contribution is 2.13. The maximum atomic E-state index is 12.1. The third-order valence-corrected chi connectivity index (χ3v) is 3.92. The maximum absolute atomic E-state index is 12.1. The van der Waals surface area contributed by atoms with E-state index in [1.165, 1.54) is 0 Å². The number of likely N-dealkylation sites (tertiary alicyclic amines) is 1. The topological polar surface area (TPSA) is 58.8 Å². The van der Waals surface area contributed by atoms with E-state index in [1.807, 2.05) is 11.9 Å². The van der Waals surface area contributed by atoms with Crippen molar-refractivity contribution < 1.29 is 9.53 Å². The second-order valence-electron chi connectivity index (χ2n) is 5.52. The lowest BCUT2D eigenvalue weighted by Gasteiger charge is -2.31. The Morgan fingerprint density at radius 2 is 2.11 bits per heavy atom. The molecule has 0 aromatic carbocycles. The number of nitrogens with two attached hydrogens (primary N) is 1. The molecule has 0 spiro atoms. The minimum atomic E-state index is 0.195. The number of carbonyl (C=O) groups excluding carboxylic acids is 1. The van der Waals surface area contributed by atoms with E-state index in [2.05, 4.69) is 4.90 Å². The number of rotatable bonds is 4. The molecule has 1 atom stereocenters. The van der Waals surface area contributed by atoms with Crippen LogP contribution in [0.5, 0.6) is 0 Å². The van der Waals surface area contributed by atoms with Crippen molar-refractivity contribution in [3.63, 3.8) is 0 Å². The molecule has 2 N–H and O–H groups in total. The standard InChI is InChI=1S/C13H25N3O2/c1-15(9-12-3-2-8-18-12)13(17)10-16-6-4-11(14)5-7-16/h11-12H,2-10,14H2,1H3. The number of hydrogen-bond donors (Lipinski definition) is 1. The van der Waals surface area contributed by atoms with Crippen LogP contribution in [0.4, 0.5) is 0 Å². The highest BCUT2D eigenvalue weighted by atomic mass is 16.5. The Bertz CT molecular complexity index is 271. The van der Waals surface area contributed by atoms with Crippen LogP contribution in [0.15, 0.2) is 0 Å². The first-order valence-electron chi connectivity index (χ1n) is 6.98. The number of nitrogens with zero attached hydrogens (tertiary/aromatic N) is 2. The van der Waals surface area contributed by atoms with E-state index in [-0.39, 0.29) is 12.0 Å². The molecule has 0 aromatic rings. The fraction of sp³-hybridized carbons (Fsp3) is 0.923. The third kappa shape index (κ3) is 3.93. The van der Waals surface area contributed by atoms with E-state index in [9.17, 15) is 4.79 Å². The van der Waals surface area contributed by atoms with Gasteiger partial charge in [-0.3, -0.25) is 9.69 Å². The highest BCUT2D eigenvalue weighted by molar-refractivity contribution is 5.78. The highest BCUT2D eigenvalue weighted by Gasteiger charge is 2.23. The molecule has 18 heavy (non-hydrogen) atoms. The number of amides is 1. The van der Waals surface area contributed by atoms with Crippen molar-refractivity contribution in [2.24, 2.45) is 5.73 Å². The van der Waals surface area contributed by atoms with Gasteiger partial charge in [-0.05, 0) is 25.7 Å². The van der Waals surface area contributed by atoms with Gasteiger partial charge in [-0.2, -0.15) is 0 Å². The molecular formula is C13H25N3O2. The smallest absolute Gasteiger partial charge is 0.236 e. The van der Waals surface area contributed by atoms with Crippen LogP contribution >= 0.6 is 0 Å². The van der Waals surface area contributed by atoms with Crippen molar-refractivity contribution in [2.75, 3.05) is 39.8 Å². The Labute approximate surface area is 109 Å². The first kappa shape index (κ1) is 13.8. The number of ether oxygens (including phenoxy) is 1. The molecule has 2 fully saturated rings. The van der Waals surface area contributed by atoms with Crippen molar-refractivity contribution in [3.05, 3.63) is 0 Å². The molecule has 0 bridgehead atoms. The summed E-state index contributed by atoms with van der Waals surface area (Å²) in [5, 5.41) is 0. The van der Waals surface area contributed by atoms with Gasteiger partial charge in [-0.25, -0.2) is 0 Å². The minimum Gasteiger partial charge on any atom is -0.376 e. The van der Waals surface area contributed by atoms with Gasteiger partial charge in [-0.15, -0.1) is 0 Å². The molecule has 2 saturated heterocycles. The van der Waals surface area contributed by atoms with Gasteiger partial charge < -0.3 is 15.4 Å². The van der Waals surface area contributed by atoms with E-state index in [4.69, 9.17) is 10.5 Å². The van der Waals surface area contributed by atoms with Crippen LogP contribution < -0.4 is 5.73 Å². The van der Waals surface area contributed by atoms with Crippen LogP contribution in [-0.2, 0) is 9.53 Å². The summed E-state index contributed by atoms with van der Waals surface area (Å²) in [5.74, 6) is 0.195. The molecule has 5 heteroatoms. The molecule has 1 unspecified atom stereocenters. The van der Waals surface area contributed by atoms with E-state index < -0.39 is 0 Å². The molecule has 2 aliphatic heterocycles. The summed E-state index contributed by atoms with van der Waals surface area (Å²) in [7, 11) is 1.87. The molecule has 1 amide bonds. The molecule has 2 rings (SSSR count). The average Bonchev–Trinajstić information content (AvgIpc) is 2.85. The summed E-state index contributed by atoms with van der Waals surface area (Å²) in [5.41, 5.74) is 5.86. The van der Waals surface area contributed by atoms with Crippen molar-refractivity contribution >= 4 is 5.91 Å². The van der Waals surface area contributed by atoms with Crippen molar-refractivity contribution in [2.45, 2.75) is 37.8 Å². The summed E-state index contributed by atoms with van der Waals surface area (Å²) < 4.78 is 5.55. The summed E-state index contributed by atoms with van der Waals surface area (Å²) in [6.07, 6.45) is 4.45. The quantitative estimate of drug-likeness (QED) is 0.771. The molecule has 5 nitrogen and oxygen atoms in total. The Morgan fingerprint density at radius 3 is 2.72 bits per heavy atom. The lowest BCUT2D eigenvalue weighted by molar-refractivity contribution is -0.132. The van der Waals surface area contributed by atoms with Crippen LogP contribution in [-0.4, -0.2) is 67.7 Å². The maximum Gasteiger partial charge on any atom is 0.236 e. The third-order valence-electron chi connectivity index (χ3n) is 3.92. The Morgan fingerprint density at radius 1 is 1.39 bits per heavy atom.